The van der Waals surface area contributed by atoms with E-state index in [1.165, 1.54) is 12.1 Å². The molecule has 1 rings (SSSR count). The number of aliphatic hydroxyl groups excluding tert-OH is 1. The molecule has 17 heavy (non-hydrogen) atoms. The molecule has 0 saturated heterocycles. The Kier molecular flexibility index (Phi) is 4.96. The molecule has 2 nitrogen and oxygen atoms in total. The van der Waals surface area contributed by atoms with Crippen LogP contribution in [0.3, 0.4) is 0 Å². The summed E-state index contributed by atoms with van der Waals surface area (Å²) >= 11 is 0. The first kappa shape index (κ1) is 14.0. The molecule has 0 aliphatic heterocycles. The lowest BCUT2D eigenvalue weighted by molar-refractivity contribution is -0.137. The lowest BCUT2D eigenvalue weighted by atomic mass is 10.0. The lowest BCUT2D eigenvalue weighted by Crippen LogP contribution is -2.22. The Morgan fingerprint density at radius 2 is 1.82 bits per heavy atom. The summed E-state index contributed by atoms with van der Waals surface area (Å²) in [6.45, 7) is 2.61. The van der Waals surface area contributed by atoms with Gasteiger partial charge in [0, 0.05) is 12.6 Å². The molecule has 1 unspecified atom stereocenters. The van der Waals surface area contributed by atoms with Crippen molar-refractivity contribution in [3.05, 3.63) is 35.4 Å². The minimum Gasteiger partial charge on any atom is -0.396 e. The van der Waals surface area contributed by atoms with E-state index in [9.17, 15) is 13.2 Å². The van der Waals surface area contributed by atoms with Gasteiger partial charge in [-0.25, -0.2) is 0 Å². The molecule has 0 fully saturated rings. The van der Waals surface area contributed by atoms with E-state index in [2.05, 4.69) is 5.32 Å². The van der Waals surface area contributed by atoms with Gasteiger partial charge in [-0.2, -0.15) is 13.2 Å². The van der Waals surface area contributed by atoms with E-state index in [4.69, 9.17) is 5.11 Å². The fourth-order valence-electron chi connectivity index (χ4n) is 1.67. The molecule has 0 bridgehead atoms. The highest BCUT2D eigenvalue weighted by Gasteiger charge is 2.30. The first-order valence-corrected chi connectivity index (χ1v) is 5.50. The van der Waals surface area contributed by atoms with Gasteiger partial charge in [-0.1, -0.05) is 19.1 Å². The molecule has 1 aromatic rings. The molecule has 0 amide bonds. The van der Waals surface area contributed by atoms with Crippen molar-refractivity contribution in [3.63, 3.8) is 0 Å². The number of nitrogens with one attached hydrogen (secondary N) is 1. The molecule has 0 aliphatic rings. The average molecular weight is 247 g/mol. The number of hydrogen-bond donors (Lipinski definition) is 2. The van der Waals surface area contributed by atoms with Crippen LogP contribution < -0.4 is 5.32 Å². The van der Waals surface area contributed by atoms with Crippen molar-refractivity contribution >= 4 is 0 Å². The highest BCUT2D eigenvalue weighted by Crippen LogP contribution is 2.30. The minimum atomic E-state index is -4.30. The van der Waals surface area contributed by atoms with Gasteiger partial charge >= 0.3 is 6.18 Å². The van der Waals surface area contributed by atoms with Crippen LogP contribution in [0, 0.1) is 0 Å². The summed E-state index contributed by atoms with van der Waals surface area (Å²) in [5, 5.41) is 12.0. The molecular weight excluding hydrogens is 231 g/mol. The molecule has 0 radical (unpaired) electrons. The molecule has 96 valence electrons. The van der Waals surface area contributed by atoms with Crippen LogP contribution in [-0.2, 0) is 6.18 Å². The highest BCUT2D eigenvalue weighted by molar-refractivity contribution is 5.26. The summed E-state index contributed by atoms with van der Waals surface area (Å²) in [5.74, 6) is 0. The first-order valence-electron chi connectivity index (χ1n) is 5.50. The smallest absolute Gasteiger partial charge is 0.396 e. The van der Waals surface area contributed by atoms with Gasteiger partial charge in [-0.15, -0.1) is 0 Å². The van der Waals surface area contributed by atoms with Crippen LogP contribution >= 0.6 is 0 Å². The zero-order valence-corrected chi connectivity index (χ0v) is 9.59. The molecule has 1 atom stereocenters. The Labute approximate surface area is 98.5 Å². The lowest BCUT2D eigenvalue weighted by Gasteiger charge is -2.17. The fourth-order valence-corrected chi connectivity index (χ4v) is 1.67. The molecule has 0 spiro atoms. The van der Waals surface area contributed by atoms with Crippen molar-refractivity contribution in [2.24, 2.45) is 0 Å². The van der Waals surface area contributed by atoms with Crippen LogP contribution in [0.1, 0.15) is 30.5 Å². The summed E-state index contributed by atoms with van der Waals surface area (Å²) < 4.78 is 37.1. The third kappa shape index (κ3) is 4.02. The van der Waals surface area contributed by atoms with E-state index in [-0.39, 0.29) is 12.6 Å². The number of alkyl halides is 3. The molecular formula is C12H16F3NO. The van der Waals surface area contributed by atoms with Crippen molar-refractivity contribution in [3.8, 4) is 0 Å². The second kappa shape index (κ2) is 6.02. The normalized spacial score (nSPS) is 13.7. The first-order chi connectivity index (χ1) is 7.99. The van der Waals surface area contributed by atoms with E-state index in [0.717, 1.165) is 17.7 Å². The number of aliphatic hydroxyl groups is 1. The van der Waals surface area contributed by atoms with Gasteiger partial charge in [-0.3, -0.25) is 0 Å². The SMILES string of the molecule is CCNC(CCO)c1ccc(C(F)(F)F)cc1. The van der Waals surface area contributed by atoms with Crippen molar-refractivity contribution in [2.45, 2.75) is 25.6 Å². The molecule has 0 aromatic heterocycles. The maximum atomic E-state index is 12.4. The van der Waals surface area contributed by atoms with E-state index < -0.39 is 11.7 Å². The molecule has 2 N–H and O–H groups in total. The minimum absolute atomic E-state index is 0.00130. The Bertz CT molecular complexity index is 329. The predicted molar refractivity (Wildman–Crippen MR) is 59.6 cm³/mol. The second-order valence-corrected chi connectivity index (χ2v) is 3.74. The maximum absolute atomic E-state index is 12.4. The van der Waals surface area contributed by atoms with Crippen LogP contribution in [0.5, 0.6) is 0 Å². The summed E-state index contributed by atoms with van der Waals surface area (Å²) in [6.07, 6.45) is -3.82. The van der Waals surface area contributed by atoms with Gasteiger partial charge in [0.1, 0.15) is 0 Å². The molecule has 5 heteroatoms. The fraction of sp³-hybridized carbons (Fsp3) is 0.500. The van der Waals surface area contributed by atoms with Crippen molar-refractivity contribution < 1.29 is 18.3 Å². The number of halogens is 3. The van der Waals surface area contributed by atoms with Gasteiger partial charge in [0.2, 0.25) is 0 Å². The van der Waals surface area contributed by atoms with Gasteiger partial charge in [0.15, 0.2) is 0 Å². The van der Waals surface area contributed by atoms with Crippen LogP contribution in [0.15, 0.2) is 24.3 Å². The van der Waals surface area contributed by atoms with Gasteiger partial charge < -0.3 is 10.4 Å². The van der Waals surface area contributed by atoms with E-state index >= 15 is 0 Å². The standard InChI is InChI=1S/C12H16F3NO/c1-2-16-11(7-8-17)9-3-5-10(6-4-9)12(13,14)15/h3-6,11,16-17H,2,7-8H2,1H3. The summed E-state index contributed by atoms with van der Waals surface area (Å²) in [7, 11) is 0. The summed E-state index contributed by atoms with van der Waals surface area (Å²) in [4.78, 5) is 0. The van der Waals surface area contributed by atoms with Gasteiger partial charge in [-0.05, 0) is 30.7 Å². The largest absolute Gasteiger partial charge is 0.416 e. The Hall–Kier alpha value is -1.07. The Balaban J connectivity index is 2.84. The quantitative estimate of drug-likeness (QED) is 0.838. The predicted octanol–water partition coefficient (Wildman–Crippen LogP) is 2.74. The molecule has 0 aliphatic carbocycles. The second-order valence-electron chi connectivity index (χ2n) is 3.74. The maximum Gasteiger partial charge on any atom is 0.416 e. The monoisotopic (exact) mass is 247 g/mol. The number of benzene rings is 1. The average Bonchev–Trinajstić information content (AvgIpc) is 2.28. The van der Waals surface area contributed by atoms with E-state index in [1.807, 2.05) is 6.92 Å². The number of hydrogen-bond acceptors (Lipinski definition) is 2. The highest BCUT2D eigenvalue weighted by atomic mass is 19.4. The zero-order chi connectivity index (χ0) is 12.9. The van der Waals surface area contributed by atoms with Crippen LogP contribution in [0.25, 0.3) is 0 Å². The molecule has 0 heterocycles. The Morgan fingerprint density at radius 1 is 1.24 bits per heavy atom. The molecule has 1 aromatic carbocycles. The van der Waals surface area contributed by atoms with Crippen LogP contribution in [-0.4, -0.2) is 18.3 Å². The molecule has 0 saturated carbocycles. The Morgan fingerprint density at radius 3 is 2.24 bits per heavy atom. The summed E-state index contributed by atoms with van der Waals surface area (Å²) in [6, 6.07) is 4.93. The third-order valence-corrected chi connectivity index (χ3v) is 2.51. The van der Waals surface area contributed by atoms with Crippen LogP contribution in [0.2, 0.25) is 0 Å². The van der Waals surface area contributed by atoms with Crippen molar-refractivity contribution in [1.29, 1.82) is 0 Å². The summed E-state index contributed by atoms with van der Waals surface area (Å²) in [5.41, 5.74) is 0.106. The van der Waals surface area contributed by atoms with Crippen LogP contribution in [0.4, 0.5) is 13.2 Å². The zero-order valence-electron chi connectivity index (χ0n) is 9.59. The topological polar surface area (TPSA) is 32.3 Å². The van der Waals surface area contributed by atoms with Gasteiger partial charge in [0.05, 0.1) is 5.56 Å². The van der Waals surface area contributed by atoms with Gasteiger partial charge in [0.25, 0.3) is 0 Å². The third-order valence-electron chi connectivity index (χ3n) is 2.51. The van der Waals surface area contributed by atoms with Crippen molar-refractivity contribution in [1.82, 2.24) is 5.32 Å². The van der Waals surface area contributed by atoms with Crippen molar-refractivity contribution in [2.75, 3.05) is 13.2 Å². The van der Waals surface area contributed by atoms with E-state index in [0.29, 0.717) is 13.0 Å². The number of rotatable bonds is 5. The van der Waals surface area contributed by atoms with E-state index in [1.54, 1.807) is 0 Å².